The molecule has 14 heavy (non-hydrogen) atoms. The maximum Gasteiger partial charge on any atom is 0.137 e. The van der Waals surface area contributed by atoms with Crippen molar-refractivity contribution in [3.63, 3.8) is 0 Å². The van der Waals surface area contributed by atoms with Gasteiger partial charge in [0.2, 0.25) is 0 Å². The summed E-state index contributed by atoms with van der Waals surface area (Å²) in [6.45, 7) is 3.07. The summed E-state index contributed by atoms with van der Waals surface area (Å²) in [6.07, 6.45) is 2.89. The first-order valence-corrected chi connectivity index (χ1v) is 4.93. The third-order valence-corrected chi connectivity index (χ3v) is 2.52. The first kappa shape index (κ1) is 9.28. The molecule has 0 spiro atoms. The molecule has 0 unspecified atom stereocenters. The Labute approximate surface area is 83.9 Å². The number of hydrogen-bond acceptors (Lipinski definition) is 2. The van der Waals surface area contributed by atoms with E-state index >= 15 is 0 Å². The summed E-state index contributed by atoms with van der Waals surface area (Å²) in [4.78, 5) is 0. The molecule has 0 aliphatic heterocycles. The minimum atomic E-state index is 0.989. The van der Waals surface area contributed by atoms with Crippen LogP contribution >= 0.6 is 0 Å². The van der Waals surface area contributed by atoms with Crippen LogP contribution in [0.25, 0.3) is 11.0 Å². The fourth-order valence-electron chi connectivity index (χ4n) is 1.71. The van der Waals surface area contributed by atoms with Crippen molar-refractivity contribution in [3.05, 3.63) is 35.6 Å². The van der Waals surface area contributed by atoms with Crippen LogP contribution in [0.5, 0.6) is 0 Å². The third kappa shape index (κ3) is 1.53. The molecule has 2 aromatic rings. The molecule has 1 aromatic heterocycles. The zero-order valence-electron chi connectivity index (χ0n) is 8.63. The normalized spacial score (nSPS) is 11.0. The molecule has 2 rings (SSSR count). The Balaban J connectivity index is 2.42. The van der Waals surface area contributed by atoms with Crippen molar-refractivity contribution in [1.82, 2.24) is 5.32 Å². The van der Waals surface area contributed by atoms with E-state index in [1.54, 1.807) is 0 Å². The van der Waals surface area contributed by atoms with Crippen LogP contribution in [-0.2, 0) is 6.42 Å². The summed E-state index contributed by atoms with van der Waals surface area (Å²) in [7, 11) is 1.97. The molecule has 0 atom stereocenters. The van der Waals surface area contributed by atoms with Crippen molar-refractivity contribution in [2.75, 3.05) is 13.6 Å². The van der Waals surface area contributed by atoms with Crippen LogP contribution < -0.4 is 5.32 Å². The van der Waals surface area contributed by atoms with Crippen LogP contribution in [0.3, 0.4) is 0 Å². The summed E-state index contributed by atoms with van der Waals surface area (Å²) >= 11 is 0. The van der Waals surface area contributed by atoms with Gasteiger partial charge in [0.15, 0.2) is 0 Å². The molecule has 0 bridgehead atoms. The van der Waals surface area contributed by atoms with Crippen LogP contribution in [0, 0.1) is 6.92 Å². The predicted molar refractivity (Wildman–Crippen MR) is 58.6 cm³/mol. The highest BCUT2D eigenvalue weighted by Gasteiger charge is 2.06. The van der Waals surface area contributed by atoms with E-state index in [0.29, 0.717) is 0 Å². The van der Waals surface area contributed by atoms with E-state index in [1.807, 2.05) is 13.3 Å². The Bertz CT molecular complexity index is 431. The largest absolute Gasteiger partial charge is 0.464 e. The summed E-state index contributed by atoms with van der Waals surface area (Å²) in [5, 5.41) is 4.39. The van der Waals surface area contributed by atoms with Crippen molar-refractivity contribution in [2.24, 2.45) is 0 Å². The van der Waals surface area contributed by atoms with E-state index in [1.165, 1.54) is 16.5 Å². The Morgan fingerprint density at radius 2 is 2.21 bits per heavy atom. The molecule has 0 radical (unpaired) electrons. The fraction of sp³-hybridized carbons (Fsp3) is 0.333. The molecule has 2 heteroatoms. The molecule has 0 amide bonds. The second-order valence-electron chi connectivity index (χ2n) is 3.57. The second-order valence-corrected chi connectivity index (χ2v) is 3.57. The molecule has 0 saturated carbocycles. The Kier molecular flexibility index (Phi) is 2.55. The summed E-state index contributed by atoms with van der Waals surface area (Å²) in [6, 6.07) is 6.28. The topological polar surface area (TPSA) is 25.2 Å². The van der Waals surface area contributed by atoms with Crippen molar-refractivity contribution in [2.45, 2.75) is 13.3 Å². The number of likely N-dealkylation sites (N-methyl/N-ethyl adjacent to an activating group) is 1. The number of nitrogens with one attached hydrogen (secondary N) is 1. The zero-order valence-corrected chi connectivity index (χ0v) is 8.63. The number of aryl methyl sites for hydroxylation is 1. The first-order valence-electron chi connectivity index (χ1n) is 4.93. The van der Waals surface area contributed by atoms with Crippen LogP contribution in [0.2, 0.25) is 0 Å². The molecule has 1 N–H and O–H groups in total. The van der Waals surface area contributed by atoms with Gasteiger partial charge in [-0.05, 0) is 38.1 Å². The number of rotatable bonds is 3. The van der Waals surface area contributed by atoms with Crippen molar-refractivity contribution >= 4 is 11.0 Å². The Hall–Kier alpha value is -1.28. The second kappa shape index (κ2) is 3.84. The average molecular weight is 189 g/mol. The van der Waals surface area contributed by atoms with Crippen molar-refractivity contribution in [1.29, 1.82) is 0 Å². The highest BCUT2D eigenvalue weighted by atomic mass is 16.3. The number of hydrogen-bond donors (Lipinski definition) is 1. The summed E-state index contributed by atoms with van der Waals surface area (Å²) in [5.74, 6) is 0. The van der Waals surface area contributed by atoms with Crippen LogP contribution in [0.1, 0.15) is 11.1 Å². The zero-order chi connectivity index (χ0) is 9.97. The highest BCUT2D eigenvalue weighted by molar-refractivity contribution is 5.83. The van der Waals surface area contributed by atoms with Crippen LogP contribution in [0.4, 0.5) is 0 Å². The molecule has 74 valence electrons. The average Bonchev–Trinajstić information content (AvgIpc) is 2.60. The Morgan fingerprint density at radius 1 is 1.36 bits per heavy atom. The predicted octanol–water partition coefficient (Wildman–Crippen LogP) is 2.50. The van der Waals surface area contributed by atoms with Crippen molar-refractivity contribution in [3.8, 4) is 0 Å². The van der Waals surface area contributed by atoms with E-state index in [-0.39, 0.29) is 0 Å². The van der Waals surface area contributed by atoms with E-state index < -0.39 is 0 Å². The molecule has 0 fully saturated rings. The van der Waals surface area contributed by atoms with E-state index in [4.69, 9.17) is 4.42 Å². The fourth-order valence-corrected chi connectivity index (χ4v) is 1.71. The van der Waals surface area contributed by atoms with Gasteiger partial charge in [-0.2, -0.15) is 0 Å². The monoisotopic (exact) mass is 189 g/mol. The van der Waals surface area contributed by atoms with Crippen LogP contribution in [0.15, 0.2) is 28.9 Å². The molecule has 0 saturated heterocycles. The van der Waals surface area contributed by atoms with Gasteiger partial charge in [-0.3, -0.25) is 0 Å². The number of fused-ring (bicyclic) bond motifs is 1. The lowest BCUT2D eigenvalue weighted by atomic mass is 10.1. The third-order valence-electron chi connectivity index (χ3n) is 2.52. The molecule has 2 nitrogen and oxygen atoms in total. The lowest BCUT2D eigenvalue weighted by molar-refractivity contribution is 0.606. The number of benzene rings is 1. The molecule has 1 heterocycles. The number of furan rings is 1. The molecular weight excluding hydrogens is 174 g/mol. The molecular formula is C12H15NO. The van der Waals surface area contributed by atoms with Crippen LogP contribution in [-0.4, -0.2) is 13.6 Å². The van der Waals surface area contributed by atoms with Gasteiger partial charge >= 0.3 is 0 Å². The van der Waals surface area contributed by atoms with Gasteiger partial charge in [0, 0.05) is 5.39 Å². The molecule has 0 aliphatic carbocycles. The van der Waals surface area contributed by atoms with Gasteiger partial charge in [-0.15, -0.1) is 0 Å². The minimum Gasteiger partial charge on any atom is -0.464 e. The van der Waals surface area contributed by atoms with Gasteiger partial charge in [-0.25, -0.2) is 0 Å². The quantitative estimate of drug-likeness (QED) is 0.802. The summed E-state index contributed by atoms with van der Waals surface area (Å²) in [5.41, 5.74) is 3.52. The van der Waals surface area contributed by atoms with Gasteiger partial charge in [0.05, 0.1) is 6.26 Å². The highest BCUT2D eigenvalue weighted by Crippen LogP contribution is 2.23. The Morgan fingerprint density at radius 3 is 3.00 bits per heavy atom. The van der Waals surface area contributed by atoms with Gasteiger partial charge < -0.3 is 9.73 Å². The van der Waals surface area contributed by atoms with E-state index in [9.17, 15) is 0 Å². The first-order chi connectivity index (χ1) is 6.83. The standard InChI is InChI=1S/C12H15NO/c1-9-4-3-5-11-10(6-7-13-2)8-14-12(9)11/h3-5,8,13H,6-7H2,1-2H3. The van der Waals surface area contributed by atoms with E-state index in [2.05, 4.69) is 30.4 Å². The maximum atomic E-state index is 5.55. The smallest absolute Gasteiger partial charge is 0.137 e. The lowest BCUT2D eigenvalue weighted by Crippen LogP contribution is -2.09. The molecule has 1 aromatic carbocycles. The van der Waals surface area contributed by atoms with Crippen molar-refractivity contribution < 1.29 is 4.42 Å². The minimum absolute atomic E-state index is 0.989. The molecule has 0 aliphatic rings. The van der Waals surface area contributed by atoms with Gasteiger partial charge in [0.25, 0.3) is 0 Å². The SMILES string of the molecule is CNCCc1coc2c(C)cccc12. The van der Waals surface area contributed by atoms with Gasteiger partial charge in [0.1, 0.15) is 5.58 Å². The summed E-state index contributed by atoms with van der Waals surface area (Å²) < 4.78 is 5.55. The lowest BCUT2D eigenvalue weighted by Gasteiger charge is -1.97. The van der Waals surface area contributed by atoms with Gasteiger partial charge in [-0.1, -0.05) is 18.2 Å². The number of para-hydroxylation sites is 1. The van der Waals surface area contributed by atoms with E-state index in [0.717, 1.165) is 18.5 Å². The maximum absolute atomic E-state index is 5.55.